The van der Waals surface area contributed by atoms with Crippen molar-refractivity contribution in [2.75, 3.05) is 5.32 Å². The van der Waals surface area contributed by atoms with E-state index in [1.165, 1.54) is 6.07 Å². The number of rotatable bonds is 3. The van der Waals surface area contributed by atoms with Crippen molar-refractivity contribution in [2.45, 2.75) is 26.8 Å². The van der Waals surface area contributed by atoms with E-state index in [4.69, 9.17) is 0 Å². The van der Waals surface area contributed by atoms with Crippen LogP contribution < -0.4 is 10.9 Å². The van der Waals surface area contributed by atoms with E-state index in [1.807, 2.05) is 78.5 Å². The number of fused-ring (bicyclic) bond motifs is 3. The molecule has 0 fully saturated rings. The lowest BCUT2D eigenvalue weighted by Gasteiger charge is -2.18. The fraction of sp³-hybridized carbons (Fsp3) is 0.190. The summed E-state index contributed by atoms with van der Waals surface area (Å²) in [5.41, 5.74) is 3.74. The van der Waals surface area contributed by atoms with Gasteiger partial charge in [0, 0.05) is 22.8 Å². The Labute approximate surface area is 156 Å². The zero-order chi connectivity index (χ0) is 19.1. The number of nitrogens with one attached hydrogen (secondary N) is 1. The van der Waals surface area contributed by atoms with Crippen molar-refractivity contribution in [3.8, 4) is 0 Å². The van der Waals surface area contributed by atoms with Gasteiger partial charge in [0.15, 0.2) is 5.65 Å². The first-order valence-electron chi connectivity index (χ1n) is 8.83. The van der Waals surface area contributed by atoms with Gasteiger partial charge in [0.2, 0.25) is 5.91 Å². The van der Waals surface area contributed by atoms with Crippen LogP contribution in [0.1, 0.15) is 24.2 Å². The van der Waals surface area contributed by atoms with Gasteiger partial charge in [-0.2, -0.15) is 4.98 Å². The Kier molecular flexibility index (Phi) is 4.03. The molecular weight excluding hydrogens is 340 g/mol. The first-order chi connectivity index (χ1) is 13.0. The molecule has 1 amide bonds. The first kappa shape index (κ1) is 17.0. The van der Waals surface area contributed by atoms with Crippen LogP contribution in [-0.2, 0) is 4.79 Å². The van der Waals surface area contributed by atoms with E-state index in [2.05, 4.69) is 10.3 Å². The third-order valence-electron chi connectivity index (χ3n) is 4.76. The molecule has 0 bridgehead atoms. The molecule has 2 aromatic carbocycles. The summed E-state index contributed by atoms with van der Waals surface area (Å²) in [4.78, 5) is 29.0. The number of aromatic nitrogens is 3. The monoisotopic (exact) mass is 360 g/mol. The van der Waals surface area contributed by atoms with E-state index in [0.717, 1.165) is 27.8 Å². The summed E-state index contributed by atoms with van der Waals surface area (Å²) >= 11 is 0. The van der Waals surface area contributed by atoms with Crippen LogP contribution in [0.4, 0.5) is 5.69 Å². The van der Waals surface area contributed by atoms with Gasteiger partial charge in [-0.3, -0.25) is 14.3 Å². The van der Waals surface area contributed by atoms with Crippen molar-refractivity contribution >= 4 is 28.1 Å². The minimum absolute atomic E-state index is 0.139. The number of nitrogens with zero attached hydrogens (tertiary/aromatic N) is 3. The Balaban J connectivity index is 1.85. The molecular formula is C21H20N4O2. The van der Waals surface area contributed by atoms with E-state index >= 15 is 0 Å². The Morgan fingerprint density at radius 1 is 1.07 bits per heavy atom. The van der Waals surface area contributed by atoms with Gasteiger partial charge in [-0.05, 0) is 45.0 Å². The topological polar surface area (TPSA) is 68.4 Å². The Morgan fingerprint density at radius 3 is 2.52 bits per heavy atom. The van der Waals surface area contributed by atoms with E-state index < -0.39 is 6.04 Å². The number of carbonyl (C=O) groups is 1. The summed E-state index contributed by atoms with van der Waals surface area (Å²) in [5.74, 6) is -0.139. The molecule has 0 aliphatic rings. The van der Waals surface area contributed by atoms with E-state index in [0.29, 0.717) is 5.65 Å². The maximum Gasteiger partial charge on any atom is 0.273 e. The zero-order valence-electron chi connectivity index (χ0n) is 15.4. The van der Waals surface area contributed by atoms with E-state index in [9.17, 15) is 9.59 Å². The number of para-hydroxylation sites is 1. The smallest absolute Gasteiger partial charge is 0.273 e. The summed E-state index contributed by atoms with van der Waals surface area (Å²) < 4.78 is 3.72. The fourth-order valence-corrected chi connectivity index (χ4v) is 3.38. The van der Waals surface area contributed by atoms with Gasteiger partial charge in [-0.1, -0.05) is 29.8 Å². The van der Waals surface area contributed by atoms with Crippen LogP contribution in [-0.4, -0.2) is 20.1 Å². The van der Waals surface area contributed by atoms with Gasteiger partial charge in [0.1, 0.15) is 6.04 Å². The summed E-state index contributed by atoms with van der Waals surface area (Å²) in [6, 6.07) is 16.3. The molecule has 0 aliphatic carbocycles. The normalized spacial score (nSPS) is 12.4. The molecule has 0 aliphatic heterocycles. The molecule has 1 N–H and O–H groups in total. The molecule has 0 radical (unpaired) electrons. The molecule has 4 aromatic rings. The van der Waals surface area contributed by atoms with Crippen molar-refractivity contribution < 1.29 is 4.79 Å². The maximum absolute atomic E-state index is 12.9. The highest BCUT2D eigenvalue weighted by Crippen LogP contribution is 2.25. The molecule has 6 heteroatoms. The third-order valence-corrected chi connectivity index (χ3v) is 4.76. The Hall–Kier alpha value is -3.41. The van der Waals surface area contributed by atoms with Crippen LogP contribution in [0, 0.1) is 13.8 Å². The number of carbonyl (C=O) groups excluding carboxylic acids is 1. The quantitative estimate of drug-likeness (QED) is 0.608. The molecule has 1 atom stereocenters. The minimum Gasteiger partial charge on any atom is -0.324 e. The summed E-state index contributed by atoms with van der Waals surface area (Å²) in [5, 5.41) is 3.80. The van der Waals surface area contributed by atoms with Crippen molar-refractivity contribution in [3.63, 3.8) is 0 Å². The summed E-state index contributed by atoms with van der Waals surface area (Å²) in [6.45, 7) is 5.69. The van der Waals surface area contributed by atoms with Crippen molar-refractivity contribution in [2.24, 2.45) is 0 Å². The Bertz CT molecular complexity index is 1220. The van der Waals surface area contributed by atoms with Crippen LogP contribution in [0.5, 0.6) is 0 Å². The SMILES string of the molecule is Cc1ccc(NC(=O)[C@@H](C)n2c3ccccc3c3nc(=O)cc(C)n32)cc1. The van der Waals surface area contributed by atoms with Gasteiger partial charge in [0.25, 0.3) is 5.56 Å². The number of hydrogen-bond donors (Lipinski definition) is 1. The fourth-order valence-electron chi connectivity index (χ4n) is 3.38. The van der Waals surface area contributed by atoms with Crippen LogP contribution in [0.3, 0.4) is 0 Å². The lowest BCUT2D eigenvalue weighted by atomic mass is 10.2. The van der Waals surface area contributed by atoms with E-state index in [-0.39, 0.29) is 11.5 Å². The van der Waals surface area contributed by atoms with Gasteiger partial charge in [-0.25, -0.2) is 4.52 Å². The molecule has 136 valence electrons. The molecule has 0 saturated carbocycles. The van der Waals surface area contributed by atoms with Crippen LogP contribution in [0.2, 0.25) is 0 Å². The van der Waals surface area contributed by atoms with Gasteiger partial charge in [0.05, 0.1) is 5.52 Å². The predicted molar refractivity (Wildman–Crippen MR) is 106 cm³/mol. The zero-order valence-corrected chi connectivity index (χ0v) is 15.4. The second-order valence-corrected chi connectivity index (χ2v) is 6.76. The standard InChI is InChI=1S/C21H20N4O2/c1-13-8-10-16(11-9-13)22-21(27)15(3)25-18-7-5-4-6-17(18)20-23-19(26)12-14(2)24(20)25/h4-12,15H,1-3H3,(H,22,27)/t15-/m1/s1. The van der Waals surface area contributed by atoms with E-state index in [1.54, 1.807) is 0 Å². The molecule has 2 heterocycles. The molecule has 0 spiro atoms. The second kappa shape index (κ2) is 6.39. The second-order valence-electron chi connectivity index (χ2n) is 6.76. The van der Waals surface area contributed by atoms with Crippen molar-refractivity contribution in [1.29, 1.82) is 0 Å². The summed E-state index contributed by atoms with van der Waals surface area (Å²) in [6.07, 6.45) is 0. The third kappa shape index (κ3) is 2.89. The molecule has 27 heavy (non-hydrogen) atoms. The van der Waals surface area contributed by atoms with Crippen LogP contribution in [0.15, 0.2) is 59.4 Å². The Morgan fingerprint density at radius 2 is 1.78 bits per heavy atom. The average molecular weight is 360 g/mol. The highest BCUT2D eigenvalue weighted by molar-refractivity contribution is 5.97. The molecule has 0 unspecified atom stereocenters. The van der Waals surface area contributed by atoms with Gasteiger partial charge >= 0.3 is 0 Å². The summed E-state index contributed by atoms with van der Waals surface area (Å²) in [7, 11) is 0. The highest BCUT2D eigenvalue weighted by atomic mass is 16.2. The molecule has 2 aromatic heterocycles. The van der Waals surface area contributed by atoms with Crippen molar-refractivity contribution in [1.82, 2.24) is 14.2 Å². The predicted octanol–water partition coefficient (Wildman–Crippen LogP) is 3.47. The lowest BCUT2D eigenvalue weighted by molar-refractivity contribution is -0.119. The molecule has 4 rings (SSSR count). The van der Waals surface area contributed by atoms with Crippen LogP contribution in [0.25, 0.3) is 16.6 Å². The maximum atomic E-state index is 12.9. The van der Waals surface area contributed by atoms with Crippen LogP contribution >= 0.6 is 0 Å². The largest absolute Gasteiger partial charge is 0.324 e. The first-order valence-corrected chi connectivity index (χ1v) is 8.83. The van der Waals surface area contributed by atoms with Crippen molar-refractivity contribution in [3.05, 3.63) is 76.2 Å². The number of benzene rings is 2. The average Bonchev–Trinajstić information content (AvgIpc) is 2.98. The molecule has 0 saturated heterocycles. The van der Waals surface area contributed by atoms with Gasteiger partial charge < -0.3 is 5.32 Å². The minimum atomic E-state index is -0.503. The lowest BCUT2D eigenvalue weighted by Crippen LogP contribution is -2.27. The number of aryl methyl sites for hydroxylation is 2. The number of hydrogen-bond acceptors (Lipinski definition) is 3. The number of amides is 1. The number of anilines is 1. The van der Waals surface area contributed by atoms with Gasteiger partial charge in [-0.15, -0.1) is 0 Å². The highest BCUT2D eigenvalue weighted by Gasteiger charge is 2.22. The molecule has 6 nitrogen and oxygen atoms in total.